The number of nitrogens with zero attached hydrogens (tertiary/aromatic N) is 1. The summed E-state index contributed by atoms with van der Waals surface area (Å²) in [5.74, 6) is 0.990. The van der Waals surface area contributed by atoms with Crippen molar-refractivity contribution in [1.29, 1.82) is 0 Å². The maximum atomic E-state index is 11.9. The fraction of sp³-hybridized carbons (Fsp3) is 0.846. The van der Waals surface area contributed by atoms with Crippen molar-refractivity contribution in [1.82, 2.24) is 15.5 Å². The first-order valence-electron chi connectivity index (χ1n) is 6.76. The number of carbonyl (C=O) groups excluding carboxylic acids is 2. The first-order chi connectivity index (χ1) is 8.43. The summed E-state index contributed by atoms with van der Waals surface area (Å²) in [5.41, 5.74) is 0. The number of nitrogens with one attached hydrogen (secondary N) is 2. The van der Waals surface area contributed by atoms with Crippen LogP contribution >= 0.6 is 0 Å². The molecular weight excluding hydrogens is 230 g/mol. The minimum atomic E-state index is -0.410. The zero-order valence-electron chi connectivity index (χ0n) is 11.8. The number of urea groups is 1. The van der Waals surface area contributed by atoms with Gasteiger partial charge >= 0.3 is 6.03 Å². The quantitative estimate of drug-likeness (QED) is 0.796. The van der Waals surface area contributed by atoms with Gasteiger partial charge in [0.25, 0.3) is 0 Å². The van der Waals surface area contributed by atoms with Crippen LogP contribution in [0.1, 0.15) is 34.1 Å². The van der Waals surface area contributed by atoms with E-state index in [0.29, 0.717) is 18.4 Å². The molecule has 2 N–H and O–H groups in total. The molecule has 1 fully saturated rings. The molecule has 1 rings (SSSR count). The van der Waals surface area contributed by atoms with E-state index in [1.54, 1.807) is 0 Å². The van der Waals surface area contributed by atoms with Crippen molar-refractivity contribution in [3.05, 3.63) is 0 Å². The minimum Gasteiger partial charge on any atom is -0.338 e. The lowest BCUT2D eigenvalue weighted by Gasteiger charge is -2.37. The maximum absolute atomic E-state index is 11.9. The number of piperidine rings is 1. The number of hydrogen-bond donors (Lipinski definition) is 2. The topological polar surface area (TPSA) is 61.4 Å². The van der Waals surface area contributed by atoms with Crippen LogP contribution in [0, 0.1) is 11.8 Å². The van der Waals surface area contributed by atoms with E-state index in [4.69, 9.17) is 0 Å². The SMILES string of the molecule is CCNC(=O)NC(=O)C(C)N1CC(C)CC(C)C1. The van der Waals surface area contributed by atoms with Crippen molar-refractivity contribution >= 4 is 11.9 Å². The lowest BCUT2D eigenvalue weighted by molar-refractivity contribution is -0.125. The highest BCUT2D eigenvalue weighted by Gasteiger charge is 2.29. The van der Waals surface area contributed by atoms with Crippen LogP contribution in [0.2, 0.25) is 0 Å². The van der Waals surface area contributed by atoms with Crippen molar-refractivity contribution in [2.45, 2.75) is 40.2 Å². The zero-order chi connectivity index (χ0) is 13.7. The predicted molar refractivity (Wildman–Crippen MR) is 71.2 cm³/mol. The number of carbonyl (C=O) groups is 2. The highest BCUT2D eigenvalue weighted by Crippen LogP contribution is 2.22. The van der Waals surface area contributed by atoms with Crippen LogP contribution in [0.25, 0.3) is 0 Å². The summed E-state index contributed by atoms with van der Waals surface area (Å²) in [7, 11) is 0. The summed E-state index contributed by atoms with van der Waals surface area (Å²) >= 11 is 0. The second-order valence-electron chi connectivity index (χ2n) is 5.42. The highest BCUT2D eigenvalue weighted by atomic mass is 16.2. The van der Waals surface area contributed by atoms with E-state index in [1.165, 1.54) is 6.42 Å². The lowest BCUT2D eigenvalue weighted by atomic mass is 9.91. The highest BCUT2D eigenvalue weighted by molar-refractivity contribution is 5.96. The minimum absolute atomic E-state index is 0.220. The molecule has 0 aromatic carbocycles. The van der Waals surface area contributed by atoms with Gasteiger partial charge in [-0.05, 0) is 32.1 Å². The Hall–Kier alpha value is -1.10. The fourth-order valence-electron chi connectivity index (χ4n) is 2.61. The molecule has 0 aromatic rings. The number of hydrogen-bond acceptors (Lipinski definition) is 3. The van der Waals surface area contributed by atoms with Crippen LogP contribution in [-0.2, 0) is 4.79 Å². The van der Waals surface area contributed by atoms with Crippen molar-refractivity contribution in [3.8, 4) is 0 Å². The summed E-state index contributed by atoms with van der Waals surface area (Å²) in [4.78, 5) is 25.4. The smallest absolute Gasteiger partial charge is 0.321 e. The molecule has 104 valence electrons. The molecule has 0 bridgehead atoms. The Bertz CT molecular complexity index is 297. The summed E-state index contributed by atoms with van der Waals surface area (Å²) in [6, 6.07) is -0.662. The molecule has 0 aromatic heterocycles. The fourth-order valence-corrected chi connectivity index (χ4v) is 2.61. The number of rotatable bonds is 3. The summed E-state index contributed by atoms with van der Waals surface area (Å²) in [6.07, 6.45) is 1.21. The van der Waals surface area contributed by atoms with Crippen LogP contribution in [0.4, 0.5) is 4.79 Å². The van der Waals surface area contributed by atoms with E-state index >= 15 is 0 Å². The third-order valence-electron chi connectivity index (χ3n) is 3.40. The monoisotopic (exact) mass is 255 g/mol. The Balaban J connectivity index is 2.49. The van der Waals surface area contributed by atoms with Gasteiger partial charge in [0.15, 0.2) is 0 Å². The van der Waals surface area contributed by atoms with Gasteiger partial charge in [0.2, 0.25) is 5.91 Å². The molecule has 0 spiro atoms. The van der Waals surface area contributed by atoms with Crippen LogP contribution < -0.4 is 10.6 Å². The molecule has 3 atom stereocenters. The molecule has 1 heterocycles. The van der Waals surface area contributed by atoms with Gasteiger partial charge in [-0.3, -0.25) is 15.0 Å². The third kappa shape index (κ3) is 4.29. The third-order valence-corrected chi connectivity index (χ3v) is 3.40. The molecule has 1 saturated heterocycles. The van der Waals surface area contributed by atoms with Crippen molar-refractivity contribution < 1.29 is 9.59 Å². The number of imide groups is 1. The molecular formula is C13H25N3O2. The van der Waals surface area contributed by atoms with Gasteiger partial charge in [-0.2, -0.15) is 0 Å². The average Bonchev–Trinajstić information content (AvgIpc) is 2.26. The van der Waals surface area contributed by atoms with Gasteiger partial charge in [0, 0.05) is 19.6 Å². The molecule has 0 aliphatic carbocycles. The second kappa shape index (κ2) is 6.73. The van der Waals surface area contributed by atoms with Gasteiger partial charge in [-0.25, -0.2) is 4.79 Å². The normalized spacial score (nSPS) is 26.4. The zero-order valence-corrected chi connectivity index (χ0v) is 11.8. The van der Waals surface area contributed by atoms with Gasteiger partial charge in [-0.1, -0.05) is 13.8 Å². The maximum Gasteiger partial charge on any atom is 0.321 e. The number of likely N-dealkylation sites (tertiary alicyclic amines) is 1. The van der Waals surface area contributed by atoms with E-state index in [-0.39, 0.29) is 11.9 Å². The van der Waals surface area contributed by atoms with Crippen LogP contribution in [0.3, 0.4) is 0 Å². The Labute approximate surface area is 109 Å². The molecule has 5 heteroatoms. The first-order valence-corrected chi connectivity index (χ1v) is 6.76. The Morgan fingerprint density at radius 1 is 1.28 bits per heavy atom. The van der Waals surface area contributed by atoms with Gasteiger partial charge in [0.1, 0.15) is 0 Å². The van der Waals surface area contributed by atoms with Gasteiger partial charge in [0.05, 0.1) is 6.04 Å². The summed E-state index contributed by atoms with van der Waals surface area (Å²) in [6.45, 7) is 10.5. The average molecular weight is 255 g/mol. The standard InChI is InChI=1S/C13H25N3O2/c1-5-14-13(18)15-12(17)11(4)16-7-9(2)6-10(3)8-16/h9-11H,5-8H2,1-4H3,(H2,14,15,17,18). The molecule has 18 heavy (non-hydrogen) atoms. The Morgan fingerprint density at radius 3 is 2.33 bits per heavy atom. The second-order valence-corrected chi connectivity index (χ2v) is 5.42. The molecule has 1 aliphatic heterocycles. The summed E-state index contributed by atoms with van der Waals surface area (Å²) < 4.78 is 0. The molecule has 1 aliphatic rings. The van der Waals surface area contributed by atoms with Crippen LogP contribution in [-0.4, -0.2) is 42.5 Å². The molecule has 3 unspecified atom stereocenters. The van der Waals surface area contributed by atoms with Gasteiger partial charge in [-0.15, -0.1) is 0 Å². The largest absolute Gasteiger partial charge is 0.338 e. The Kier molecular flexibility index (Phi) is 5.59. The van der Waals surface area contributed by atoms with Crippen molar-refractivity contribution in [2.24, 2.45) is 11.8 Å². The van der Waals surface area contributed by atoms with E-state index in [0.717, 1.165) is 13.1 Å². The Morgan fingerprint density at radius 2 is 1.83 bits per heavy atom. The van der Waals surface area contributed by atoms with Gasteiger partial charge < -0.3 is 5.32 Å². The molecule has 0 radical (unpaired) electrons. The van der Waals surface area contributed by atoms with E-state index in [9.17, 15) is 9.59 Å². The first kappa shape index (κ1) is 15.0. The number of amides is 3. The molecule has 0 saturated carbocycles. The van der Waals surface area contributed by atoms with Crippen LogP contribution in [0.5, 0.6) is 0 Å². The molecule has 5 nitrogen and oxygen atoms in total. The predicted octanol–water partition coefficient (Wildman–Crippen LogP) is 1.20. The van der Waals surface area contributed by atoms with E-state index in [2.05, 4.69) is 29.4 Å². The van der Waals surface area contributed by atoms with Crippen molar-refractivity contribution in [2.75, 3.05) is 19.6 Å². The summed E-state index contributed by atoms with van der Waals surface area (Å²) in [5, 5.41) is 4.94. The van der Waals surface area contributed by atoms with E-state index in [1.807, 2.05) is 13.8 Å². The van der Waals surface area contributed by atoms with Crippen LogP contribution in [0.15, 0.2) is 0 Å². The van der Waals surface area contributed by atoms with E-state index < -0.39 is 6.03 Å². The molecule has 3 amide bonds. The van der Waals surface area contributed by atoms with Crippen molar-refractivity contribution in [3.63, 3.8) is 0 Å². The lowest BCUT2D eigenvalue weighted by Crippen LogP contribution is -2.53.